The molecule has 2 heteroatoms. The van der Waals surface area contributed by atoms with Crippen LogP contribution >= 0.6 is 0 Å². The van der Waals surface area contributed by atoms with E-state index in [1.54, 1.807) is 0 Å². The lowest BCUT2D eigenvalue weighted by atomic mass is 10.2. The molecular weight excluding hydrogens is 196 g/mol. The highest BCUT2D eigenvalue weighted by Gasteiger charge is 2.18. The molecule has 0 aliphatic heterocycles. The van der Waals surface area contributed by atoms with Crippen molar-refractivity contribution in [3.63, 3.8) is 0 Å². The Balaban J connectivity index is 2.57. The Morgan fingerprint density at radius 3 is 2.06 bits per heavy atom. The molecule has 1 aromatic carbocycles. The van der Waals surface area contributed by atoms with Gasteiger partial charge in [-0.25, -0.2) is 0 Å². The van der Waals surface area contributed by atoms with Crippen LogP contribution in [0.25, 0.3) is 0 Å². The first kappa shape index (κ1) is 13.2. The molecule has 90 valence electrons. The monoisotopic (exact) mass is 221 g/mol. The second-order valence-electron chi connectivity index (χ2n) is 5.02. The van der Waals surface area contributed by atoms with Gasteiger partial charge in [0.15, 0.2) is 0 Å². The first-order valence-electron chi connectivity index (χ1n) is 6.15. The molecule has 0 bridgehead atoms. The smallest absolute Gasteiger partial charge is 0.134 e. The van der Waals surface area contributed by atoms with Crippen LogP contribution in [0.1, 0.15) is 19.4 Å². The van der Waals surface area contributed by atoms with E-state index in [1.165, 1.54) is 5.56 Å². The summed E-state index contributed by atoms with van der Waals surface area (Å²) in [6.45, 7) is 8.93. The summed E-state index contributed by atoms with van der Waals surface area (Å²) in [6.07, 6.45) is 0. The quantitative estimate of drug-likeness (QED) is 0.527. The molecule has 1 rings (SSSR count). The van der Waals surface area contributed by atoms with E-state index in [-0.39, 0.29) is 0 Å². The van der Waals surface area contributed by atoms with Crippen molar-refractivity contribution < 1.29 is 4.48 Å². The molecule has 0 unspecified atom stereocenters. The first-order valence-corrected chi connectivity index (χ1v) is 6.15. The van der Waals surface area contributed by atoms with Crippen LogP contribution in [-0.4, -0.2) is 43.2 Å². The number of nitrogens with zero attached hydrogens (tertiary/aromatic N) is 2. The van der Waals surface area contributed by atoms with Gasteiger partial charge in [-0.3, -0.25) is 4.90 Å². The molecule has 0 spiro atoms. The first-order chi connectivity index (χ1) is 7.57. The summed E-state index contributed by atoms with van der Waals surface area (Å²) in [7, 11) is 4.59. The van der Waals surface area contributed by atoms with E-state index in [0.29, 0.717) is 0 Å². The van der Waals surface area contributed by atoms with Gasteiger partial charge in [-0.15, -0.1) is 0 Å². The van der Waals surface area contributed by atoms with E-state index in [1.807, 2.05) is 0 Å². The summed E-state index contributed by atoms with van der Waals surface area (Å²) in [4.78, 5) is 2.48. The molecular formula is C14H25N2+. The lowest BCUT2D eigenvalue weighted by Gasteiger charge is -2.34. The fourth-order valence-corrected chi connectivity index (χ4v) is 2.09. The highest BCUT2D eigenvalue weighted by atomic mass is 15.4. The van der Waals surface area contributed by atoms with E-state index in [0.717, 1.165) is 30.8 Å². The molecule has 0 aliphatic rings. The Labute approximate surface area is 100 Å². The number of hydrogen-bond acceptors (Lipinski definition) is 1. The third kappa shape index (κ3) is 4.33. The Morgan fingerprint density at radius 2 is 1.56 bits per heavy atom. The molecule has 0 saturated carbocycles. The summed E-state index contributed by atoms with van der Waals surface area (Å²) < 4.78 is 1.02. The average Bonchev–Trinajstić information content (AvgIpc) is 2.26. The number of benzene rings is 1. The fraction of sp³-hybridized carbons (Fsp3) is 0.571. The highest BCUT2D eigenvalue weighted by molar-refractivity contribution is 5.13. The predicted octanol–water partition coefficient (Wildman–Crippen LogP) is 2.56. The maximum Gasteiger partial charge on any atom is 0.134 e. The van der Waals surface area contributed by atoms with Gasteiger partial charge in [0.25, 0.3) is 0 Å². The molecule has 0 atom stereocenters. The molecule has 0 radical (unpaired) electrons. The van der Waals surface area contributed by atoms with Gasteiger partial charge in [-0.1, -0.05) is 44.2 Å². The third-order valence-electron chi connectivity index (χ3n) is 2.93. The fourth-order valence-electron chi connectivity index (χ4n) is 2.09. The van der Waals surface area contributed by atoms with E-state index in [2.05, 4.69) is 63.2 Å². The summed E-state index contributed by atoms with van der Waals surface area (Å²) >= 11 is 0. The second kappa shape index (κ2) is 6.02. The Morgan fingerprint density at radius 1 is 1.00 bits per heavy atom. The number of rotatable bonds is 6. The molecule has 0 aromatic heterocycles. The van der Waals surface area contributed by atoms with Crippen molar-refractivity contribution >= 4 is 0 Å². The van der Waals surface area contributed by atoms with Crippen LogP contribution in [0.4, 0.5) is 0 Å². The van der Waals surface area contributed by atoms with Gasteiger partial charge in [0.05, 0.1) is 14.1 Å². The molecule has 16 heavy (non-hydrogen) atoms. The summed E-state index contributed by atoms with van der Waals surface area (Å²) in [5.41, 5.74) is 1.42. The molecule has 0 aliphatic carbocycles. The number of quaternary nitrogens is 1. The van der Waals surface area contributed by atoms with Crippen molar-refractivity contribution in [1.82, 2.24) is 4.90 Å². The third-order valence-corrected chi connectivity index (χ3v) is 2.93. The van der Waals surface area contributed by atoms with Crippen LogP contribution in [-0.2, 0) is 6.54 Å². The molecule has 0 saturated heterocycles. The van der Waals surface area contributed by atoms with E-state index in [9.17, 15) is 0 Å². The Kier molecular flexibility index (Phi) is 4.97. The minimum Gasteiger partial charge on any atom is -0.312 e. The van der Waals surface area contributed by atoms with Crippen LogP contribution in [0.2, 0.25) is 0 Å². The predicted molar refractivity (Wildman–Crippen MR) is 70.0 cm³/mol. The van der Waals surface area contributed by atoms with Crippen molar-refractivity contribution in [1.29, 1.82) is 0 Å². The zero-order valence-corrected chi connectivity index (χ0v) is 11.1. The maximum absolute atomic E-state index is 2.48. The van der Waals surface area contributed by atoms with Crippen LogP contribution in [0.5, 0.6) is 0 Å². The van der Waals surface area contributed by atoms with Gasteiger partial charge in [-0.2, -0.15) is 0 Å². The summed E-state index contributed by atoms with van der Waals surface area (Å²) in [5.74, 6) is 0. The SMILES string of the molecule is CCN(CC)C[N+](C)(C)Cc1ccccc1. The Bertz CT molecular complexity index is 289. The molecule has 1 aromatic rings. The van der Waals surface area contributed by atoms with Crippen molar-refractivity contribution in [2.45, 2.75) is 20.4 Å². The van der Waals surface area contributed by atoms with Gasteiger partial charge in [0.2, 0.25) is 0 Å². The van der Waals surface area contributed by atoms with Gasteiger partial charge in [0.1, 0.15) is 13.2 Å². The van der Waals surface area contributed by atoms with Crippen molar-refractivity contribution in [3.05, 3.63) is 35.9 Å². The molecule has 0 N–H and O–H groups in total. The highest BCUT2D eigenvalue weighted by Crippen LogP contribution is 2.10. The summed E-state index contributed by atoms with van der Waals surface area (Å²) in [5, 5.41) is 0. The molecule has 0 amide bonds. The van der Waals surface area contributed by atoms with Crippen LogP contribution < -0.4 is 0 Å². The van der Waals surface area contributed by atoms with Gasteiger partial charge >= 0.3 is 0 Å². The minimum atomic E-state index is 1.02. The van der Waals surface area contributed by atoms with Crippen LogP contribution in [0, 0.1) is 0 Å². The standard InChI is InChI=1S/C14H25N2/c1-5-15(6-2)13-16(3,4)12-14-10-8-7-9-11-14/h7-11H,5-6,12-13H2,1-4H3/q+1. The van der Waals surface area contributed by atoms with Crippen LogP contribution in [0.15, 0.2) is 30.3 Å². The largest absolute Gasteiger partial charge is 0.312 e. The van der Waals surface area contributed by atoms with E-state index < -0.39 is 0 Å². The van der Waals surface area contributed by atoms with Gasteiger partial charge in [0, 0.05) is 18.7 Å². The zero-order chi connectivity index (χ0) is 12.0. The van der Waals surface area contributed by atoms with E-state index >= 15 is 0 Å². The normalized spacial score (nSPS) is 12.1. The summed E-state index contributed by atoms with van der Waals surface area (Å²) in [6, 6.07) is 10.7. The van der Waals surface area contributed by atoms with Crippen molar-refractivity contribution in [3.8, 4) is 0 Å². The molecule has 0 fully saturated rings. The van der Waals surface area contributed by atoms with Gasteiger partial charge < -0.3 is 4.48 Å². The lowest BCUT2D eigenvalue weighted by Crippen LogP contribution is -2.47. The average molecular weight is 221 g/mol. The Hall–Kier alpha value is -0.860. The number of hydrogen-bond donors (Lipinski definition) is 0. The lowest BCUT2D eigenvalue weighted by molar-refractivity contribution is -0.913. The van der Waals surface area contributed by atoms with Gasteiger partial charge in [-0.05, 0) is 0 Å². The topological polar surface area (TPSA) is 3.24 Å². The minimum absolute atomic E-state index is 1.02. The van der Waals surface area contributed by atoms with Crippen molar-refractivity contribution in [2.24, 2.45) is 0 Å². The molecule has 2 nitrogen and oxygen atoms in total. The second-order valence-corrected chi connectivity index (χ2v) is 5.02. The van der Waals surface area contributed by atoms with Crippen molar-refractivity contribution in [2.75, 3.05) is 33.9 Å². The van der Waals surface area contributed by atoms with Crippen LogP contribution in [0.3, 0.4) is 0 Å². The maximum atomic E-state index is 2.48. The zero-order valence-electron chi connectivity index (χ0n) is 11.1. The molecule has 0 heterocycles. The van der Waals surface area contributed by atoms with E-state index in [4.69, 9.17) is 0 Å².